The lowest BCUT2D eigenvalue weighted by Crippen LogP contribution is -2.35. The van der Waals surface area contributed by atoms with Gasteiger partial charge in [0.05, 0.1) is 5.57 Å². The largest absolute Gasteiger partial charge is 0.450 e. The molecule has 0 spiro atoms. The van der Waals surface area contributed by atoms with Crippen molar-refractivity contribution >= 4 is 60.7 Å². The molecule has 0 unspecified atom stereocenters. The Bertz CT molecular complexity index is 1220. The number of hydrogen-bond donors (Lipinski definition) is 1. The number of amidine groups is 2. The SMILES string of the molecule is Cc1ccc(Sc2ccc(/C=C3\C(=N)N4N=C(S(C)(=O)=O)SC4=NC3=O)o2)cc1. The number of nitrogens with one attached hydrogen (secondary N) is 1. The molecule has 1 amide bonds. The fourth-order valence-electron chi connectivity index (χ4n) is 2.46. The van der Waals surface area contributed by atoms with E-state index in [0.29, 0.717) is 10.9 Å². The summed E-state index contributed by atoms with van der Waals surface area (Å²) in [5, 5.41) is 13.9. The molecule has 4 rings (SSSR count). The van der Waals surface area contributed by atoms with Crippen LogP contribution in [0.1, 0.15) is 11.3 Å². The molecule has 29 heavy (non-hydrogen) atoms. The topological polar surface area (TPSA) is 116 Å². The van der Waals surface area contributed by atoms with Crippen molar-refractivity contribution in [3.05, 3.63) is 53.3 Å². The van der Waals surface area contributed by atoms with Crippen molar-refractivity contribution < 1.29 is 17.6 Å². The molecule has 1 aromatic carbocycles. The van der Waals surface area contributed by atoms with Gasteiger partial charge in [-0.2, -0.15) is 10.0 Å². The number of benzene rings is 1. The van der Waals surface area contributed by atoms with Crippen LogP contribution < -0.4 is 0 Å². The van der Waals surface area contributed by atoms with E-state index in [4.69, 9.17) is 9.83 Å². The summed E-state index contributed by atoms with van der Waals surface area (Å²) in [5.41, 5.74) is 1.13. The zero-order chi connectivity index (χ0) is 20.8. The Balaban J connectivity index is 1.58. The Hall–Kier alpha value is -2.63. The molecule has 1 N–H and O–H groups in total. The lowest BCUT2D eigenvalue weighted by molar-refractivity contribution is -0.114. The van der Waals surface area contributed by atoms with Crippen LogP contribution in [0.4, 0.5) is 0 Å². The molecule has 0 radical (unpaired) electrons. The minimum absolute atomic E-state index is 0.0333. The third-order valence-electron chi connectivity index (χ3n) is 3.88. The fraction of sp³-hybridized carbons (Fsp3) is 0.111. The van der Waals surface area contributed by atoms with E-state index in [1.165, 1.54) is 17.8 Å². The van der Waals surface area contributed by atoms with Crippen molar-refractivity contribution in [3.63, 3.8) is 0 Å². The molecule has 0 saturated heterocycles. The summed E-state index contributed by atoms with van der Waals surface area (Å²) in [7, 11) is -3.57. The van der Waals surface area contributed by atoms with E-state index in [0.717, 1.165) is 33.5 Å². The third kappa shape index (κ3) is 4.07. The van der Waals surface area contributed by atoms with Gasteiger partial charge in [0.1, 0.15) is 5.76 Å². The molecule has 2 aromatic rings. The summed E-state index contributed by atoms with van der Waals surface area (Å²) in [6.45, 7) is 2.01. The van der Waals surface area contributed by atoms with Gasteiger partial charge in [-0.15, -0.1) is 5.10 Å². The van der Waals surface area contributed by atoms with E-state index in [1.807, 2.05) is 31.2 Å². The number of carbonyl (C=O) groups is 1. The van der Waals surface area contributed by atoms with Crippen LogP contribution in [0.2, 0.25) is 0 Å². The van der Waals surface area contributed by atoms with Gasteiger partial charge in [-0.25, -0.2) is 8.42 Å². The van der Waals surface area contributed by atoms with E-state index in [1.54, 1.807) is 12.1 Å². The van der Waals surface area contributed by atoms with Gasteiger partial charge in [-0.1, -0.05) is 29.5 Å². The van der Waals surface area contributed by atoms with Gasteiger partial charge in [0.2, 0.25) is 19.4 Å². The summed E-state index contributed by atoms with van der Waals surface area (Å²) in [6.07, 6.45) is 2.42. The molecule has 0 fully saturated rings. The zero-order valence-corrected chi connectivity index (χ0v) is 17.7. The number of sulfone groups is 1. The minimum Gasteiger partial charge on any atom is -0.450 e. The minimum atomic E-state index is -3.57. The monoisotopic (exact) mass is 446 g/mol. The Labute approximate surface area is 175 Å². The Morgan fingerprint density at radius 3 is 2.62 bits per heavy atom. The second-order valence-corrected chi connectivity index (χ2v) is 10.5. The second kappa shape index (κ2) is 7.32. The van der Waals surface area contributed by atoms with Gasteiger partial charge in [0.25, 0.3) is 5.91 Å². The van der Waals surface area contributed by atoms with E-state index >= 15 is 0 Å². The van der Waals surface area contributed by atoms with Gasteiger partial charge < -0.3 is 4.42 Å². The van der Waals surface area contributed by atoms with E-state index in [9.17, 15) is 13.2 Å². The molecule has 2 aliphatic heterocycles. The number of fused-ring (bicyclic) bond motifs is 1. The smallest absolute Gasteiger partial charge is 0.283 e. The number of aliphatic imine (C=N–C) groups is 1. The van der Waals surface area contributed by atoms with Crippen LogP contribution in [0.3, 0.4) is 0 Å². The number of thioether (sulfide) groups is 1. The Morgan fingerprint density at radius 1 is 1.21 bits per heavy atom. The van der Waals surface area contributed by atoms with Crippen molar-refractivity contribution in [1.29, 1.82) is 5.41 Å². The zero-order valence-electron chi connectivity index (χ0n) is 15.2. The fourth-order valence-corrected chi connectivity index (χ4v) is 4.92. The highest BCUT2D eigenvalue weighted by molar-refractivity contribution is 8.42. The molecule has 148 valence electrons. The number of amides is 1. The maximum atomic E-state index is 12.4. The quantitative estimate of drug-likeness (QED) is 0.719. The number of furan rings is 1. The first-order valence-electron chi connectivity index (χ1n) is 8.25. The first-order chi connectivity index (χ1) is 13.7. The van der Waals surface area contributed by atoms with Crippen LogP contribution in [0.5, 0.6) is 0 Å². The molecule has 0 aliphatic carbocycles. The third-order valence-corrected chi connectivity index (χ3v) is 7.39. The summed E-state index contributed by atoms with van der Waals surface area (Å²) in [4.78, 5) is 17.2. The summed E-state index contributed by atoms with van der Waals surface area (Å²) < 4.78 is 28.9. The van der Waals surface area contributed by atoms with E-state index in [2.05, 4.69) is 10.1 Å². The number of hydrazone groups is 1. The Morgan fingerprint density at radius 2 is 1.93 bits per heavy atom. The van der Waals surface area contributed by atoms with Crippen molar-refractivity contribution in [2.45, 2.75) is 16.9 Å². The number of hydrogen-bond acceptors (Lipinski definition) is 8. The summed E-state index contributed by atoms with van der Waals surface area (Å²) in [5.74, 6) is -0.524. The van der Waals surface area contributed by atoms with Crippen molar-refractivity contribution in [3.8, 4) is 0 Å². The second-order valence-electron chi connectivity index (χ2n) is 6.23. The molecule has 3 heterocycles. The van der Waals surface area contributed by atoms with Crippen LogP contribution in [-0.2, 0) is 14.6 Å². The first kappa shape index (κ1) is 19.7. The average molecular weight is 447 g/mol. The number of nitrogens with zero attached hydrogens (tertiary/aromatic N) is 3. The van der Waals surface area contributed by atoms with E-state index in [-0.39, 0.29) is 21.0 Å². The van der Waals surface area contributed by atoms with Crippen molar-refractivity contribution in [2.75, 3.05) is 6.26 Å². The lowest BCUT2D eigenvalue weighted by atomic mass is 10.1. The van der Waals surface area contributed by atoms with Crippen molar-refractivity contribution in [1.82, 2.24) is 5.01 Å². The van der Waals surface area contributed by atoms with Gasteiger partial charge in [-0.3, -0.25) is 10.2 Å². The molecule has 8 nitrogen and oxygen atoms in total. The van der Waals surface area contributed by atoms with Crippen LogP contribution >= 0.6 is 23.5 Å². The highest BCUT2D eigenvalue weighted by Crippen LogP contribution is 2.32. The molecule has 0 bridgehead atoms. The molecular weight excluding hydrogens is 432 g/mol. The van der Waals surface area contributed by atoms with Gasteiger partial charge in [0, 0.05) is 11.2 Å². The van der Waals surface area contributed by atoms with E-state index < -0.39 is 15.7 Å². The van der Waals surface area contributed by atoms with Crippen LogP contribution in [0.25, 0.3) is 6.08 Å². The van der Waals surface area contributed by atoms with Gasteiger partial charge in [0.15, 0.2) is 10.9 Å². The molecule has 0 atom stereocenters. The Kier molecular flexibility index (Phi) is 4.97. The van der Waals surface area contributed by atoms with Crippen molar-refractivity contribution in [2.24, 2.45) is 10.1 Å². The number of aryl methyl sites for hydroxylation is 1. The van der Waals surface area contributed by atoms with Crippen LogP contribution in [-0.4, -0.2) is 41.0 Å². The molecule has 2 aliphatic rings. The lowest BCUT2D eigenvalue weighted by Gasteiger charge is -2.19. The summed E-state index contributed by atoms with van der Waals surface area (Å²) >= 11 is 2.18. The highest BCUT2D eigenvalue weighted by atomic mass is 32.3. The number of rotatable bonds is 3. The normalized spacial score (nSPS) is 18.1. The van der Waals surface area contributed by atoms with Crippen LogP contribution in [0, 0.1) is 12.3 Å². The van der Waals surface area contributed by atoms with Gasteiger partial charge in [-0.05, 0) is 49.0 Å². The molecule has 11 heteroatoms. The highest BCUT2D eigenvalue weighted by Gasteiger charge is 2.38. The molecule has 0 saturated carbocycles. The summed E-state index contributed by atoms with van der Waals surface area (Å²) in [6, 6.07) is 11.4. The average Bonchev–Trinajstić information content (AvgIpc) is 3.27. The predicted octanol–water partition coefficient (Wildman–Crippen LogP) is 3.36. The maximum absolute atomic E-state index is 12.4. The molecule has 1 aromatic heterocycles. The number of carbonyl (C=O) groups excluding carboxylic acids is 1. The molecular formula is C18H14N4O4S3. The standard InChI is InChI=1S/C18H14N4O4S3/c1-10-3-6-12(7-4-10)27-14-8-5-11(26-14)9-13-15(19)22-17(20-16(13)23)28-18(21-22)29(2,24)25/h3-9,19H,1-2H3/b13-9+,19-15?. The van der Waals surface area contributed by atoms with Crippen LogP contribution in [0.15, 0.2) is 66.5 Å². The maximum Gasteiger partial charge on any atom is 0.283 e. The van der Waals surface area contributed by atoms with Gasteiger partial charge >= 0.3 is 0 Å². The predicted molar refractivity (Wildman–Crippen MR) is 114 cm³/mol. The first-order valence-corrected chi connectivity index (χ1v) is 11.8.